The number of methoxy groups -OCH3 is 1. The zero-order chi connectivity index (χ0) is 13.2. The molecule has 0 amide bonds. The molecule has 1 aromatic carbocycles. The summed E-state index contributed by atoms with van der Waals surface area (Å²) in [6.07, 6.45) is 2.98. The van der Waals surface area contributed by atoms with Gasteiger partial charge in [-0.1, -0.05) is 6.07 Å². The normalized spacial score (nSPS) is 20.9. The van der Waals surface area contributed by atoms with Crippen molar-refractivity contribution >= 4 is 11.5 Å². The van der Waals surface area contributed by atoms with Crippen molar-refractivity contribution in [3.63, 3.8) is 0 Å². The molecule has 1 aliphatic rings. The highest BCUT2D eigenvalue weighted by molar-refractivity contribution is 5.57. The number of nitrogens with one attached hydrogen (secondary N) is 1. The van der Waals surface area contributed by atoms with Gasteiger partial charge in [-0.05, 0) is 42.3 Å². The van der Waals surface area contributed by atoms with Crippen molar-refractivity contribution in [2.75, 3.05) is 12.4 Å². The molecule has 1 heterocycles. The number of pyridine rings is 1. The van der Waals surface area contributed by atoms with E-state index in [2.05, 4.69) is 16.4 Å². The fourth-order valence-electron chi connectivity index (χ4n) is 2.12. The molecule has 1 saturated carbocycles. The van der Waals surface area contributed by atoms with Gasteiger partial charge < -0.3 is 15.8 Å². The lowest BCUT2D eigenvalue weighted by molar-refractivity contribution is 0.415. The Hall–Kier alpha value is -2.07. The maximum atomic E-state index is 5.83. The van der Waals surface area contributed by atoms with Gasteiger partial charge in [0.15, 0.2) is 0 Å². The first-order valence-corrected chi connectivity index (χ1v) is 6.39. The van der Waals surface area contributed by atoms with Gasteiger partial charge in [0.2, 0.25) is 0 Å². The number of nitrogens with two attached hydrogens (primary N) is 1. The molecule has 2 unspecified atom stereocenters. The van der Waals surface area contributed by atoms with Gasteiger partial charge in [-0.2, -0.15) is 0 Å². The van der Waals surface area contributed by atoms with Gasteiger partial charge in [0.25, 0.3) is 0 Å². The molecule has 3 rings (SSSR count). The molecule has 1 aliphatic carbocycles. The van der Waals surface area contributed by atoms with Gasteiger partial charge in [0.05, 0.1) is 7.11 Å². The SMILES string of the molecule is COc1ccc(Nc2ccc(C3CC3N)cn2)cc1. The van der Waals surface area contributed by atoms with Gasteiger partial charge in [0, 0.05) is 23.8 Å². The molecule has 4 heteroatoms. The Bertz CT molecular complexity index is 551. The van der Waals surface area contributed by atoms with E-state index in [9.17, 15) is 0 Å². The number of rotatable bonds is 4. The largest absolute Gasteiger partial charge is 0.497 e. The number of ether oxygens (including phenoxy) is 1. The van der Waals surface area contributed by atoms with Crippen LogP contribution in [0.15, 0.2) is 42.6 Å². The van der Waals surface area contributed by atoms with Crippen LogP contribution in [0.5, 0.6) is 5.75 Å². The molecule has 2 aromatic rings. The summed E-state index contributed by atoms with van der Waals surface area (Å²) in [5.41, 5.74) is 8.05. The maximum absolute atomic E-state index is 5.83. The van der Waals surface area contributed by atoms with Crippen LogP contribution in [0.1, 0.15) is 17.9 Å². The molecule has 0 radical (unpaired) electrons. The van der Waals surface area contributed by atoms with E-state index in [0.29, 0.717) is 12.0 Å². The van der Waals surface area contributed by atoms with Crippen molar-refractivity contribution in [3.05, 3.63) is 48.2 Å². The number of hydrogen-bond acceptors (Lipinski definition) is 4. The third kappa shape index (κ3) is 2.69. The second kappa shape index (κ2) is 4.90. The van der Waals surface area contributed by atoms with Crippen LogP contribution in [-0.4, -0.2) is 18.1 Å². The Kier molecular flexibility index (Phi) is 3.09. The molecule has 1 fully saturated rings. The predicted octanol–water partition coefficient (Wildman–Crippen LogP) is 2.65. The Labute approximate surface area is 112 Å². The number of aromatic nitrogens is 1. The van der Waals surface area contributed by atoms with E-state index in [1.165, 1.54) is 5.56 Å². The lowest BCUT2D eigenvalue weighted by Crippen LogP contribution is -2.01. The topological polar surface area (TPSA) is 60.2 Å². The van der Waals surface area contributed by atoms with Crippen molar-refractivity contribution in [2.45, 2.75) is 18.4 Å². The van der Waals surface area contributed by atoms with E-state index in [-0.39, 0.29) is 0 Å². The molecule has 4 nitrogen and oxygen atoms in total. The van der Waals surface area contributed by atoms with Crippen LogP contribution in [-0.2, 0) is 0 Å². The Morgan fingerprint density at radius 2 is 1.95 bits per heavy atom. The molecule has 98 valence electrons. The molecule has 0 aliphatic heterocycles. The van der Waals surface area contributed by atoms with E-state index in [0.717, 1.165) is 23.7 Å². The Balaban J connectivity index is 1.68. The van der Waals surface area contributed by atoms with Crippen LogP contribution in [0.2, 0.25) is 0 Å². The molecule has 2 atom stereocenters. The van der Waals surface area contributed by atoms with Gasteiger partial charge in [0.1, 0.15) is 11.6 Å². The van der Waals surface area contributed by atoms with Crippen LogP contribution in [0.3, 0.4) is 0 Å². The van der Waals surface area contributed by atoms with E-state index in [1.54, 1.807) is 7.11 Å². The molecule has 1 aromatic heterocycles. The number of hydrogen-bond donors (Lipinski definition) is 2. The lowest BCUT2D eigenvalue weighted by atomic mass is 10.2. The Morgan fingerprint density at radius 3 is 2.47 bits per heavy atom. The van der Waals surface area contributed by atoms with E-state index in [4.69, 9.17) is 10.5 Å². The highest BCUT2D eigenvalue weighted by Crippen LogP contribution is 2.38. The summed E-state index contributed by atoms with van der Waals surface area (Å²) in [6.45, 7) is 0. The molecule has 3 N–H and O–H groups in total. The minimum Gasteiger partial charge on any atom is -0.497 e. The summed E-state index contributed by atoms with van der Waals surface area (Å²) in [7, 11) is 1.66. The quantitative estimate of drug-likeness (QED) is 0.881. The number of anilines is 2. The second-order valence-electron chi connectivity index (χ2n) is 4.84. The zero-order valence-corrected chi connectivity index (χ0v) is 10.8. The second-order valence-corrected chi connectivity index (χ2v) is 4.84. The predicted molar refractivity (Wildman–Crippen MR) is 75.8 cm³/mol. The molecule has 0 bridgehead atoms. The highest BCUT2D eigenvalue weighted by atomic mass is 16.5. The highest BCUT2D eigenvalue weighted by Gasteiger charge is 2.34. The van der Waals surface area contributed by atoms with Gasteiger partial charge in [-0.15, -0.1) is 0 Å². The van der Waals surface area contributed by atoms with Crippen LogP contribution >= 0.6 is 0 Å². The van der Waals surface area contributed by atoms with Crippen molar-refractivity contribution in [1.29, 1.82) is 0 Å². The first-order chi connectivity index (χ1) is 9.26. The zero-order valence-electron chi connectivity index (χ0n) is 10.8. The molecular formula is C15H17N3O. The minimum absolute atomic E-state index is 0.321. The van der Waals surface area contributed by atoms with E-state index < -0.39 is 0 Å². The third-order valence-corrected chi connectivity index (χ3v) is 3.42. The summed E-state index contributed by atoms with van der Waals surface area (Å²) < 4.78 is 5.12. The van der Waals surface area contributed by atoms with Crippen molar-refractivity contribution in [2.24, 2.45) is 5.73 Å². The maximum Gasteiger partial charge on any atom is 0.130 e. The monoisotopic (exact) mass is 255 g/mol. The minimum atomic E-state index is 0.321. The van der Waals surface area contributed by atoms with Gasteiger partial charge in [-0.3, -0.25) is 0 Å². The fourth-order valence-corrected chi connectivity index (χ4v) is 2.12. The third-order valence-electron chi connectivity index (χ3n) is 3.42. The average molecular weight is 255 g/mol. The average Bonchev–Trinajstić information content (AvgIpc) is 3.18. The lowest BCUT2D eigenvalue weighted by Gasteiger charge is -2.07. The van der Waals surface area contributed by atoms with Crippen LogP contribution in [0.4, 0.5) is 11.5 Å². The number of nitrogens with zero attached hydrogens (tertiary/aromatic N) is 1. The van der Waals surface area contributed by atoms with Crippen molar-refractivity contribution < 1.29 is 4.74 Å². The summed E-state index contributed by atoms with van der Waals surface area (Å²) in [6, 6.07) is 12.2. The van der Waals surface area contributed by atoms with Gasteiger partial charge >= 0.3 is 0 Å². The molecular weight excluding hydrogens is 238 g/mol. The Morgan fingerprint density at radius 1 is 1.21 bits per heavy atom. The van der Waals surface area contributed by atoms with Crippen LogP contribution in [0, 0.1) is 0 Å². The van der Waals surface area contributed by atoms with Crippen LogP contribution < -0.4 is 15.8 Å². The smallest absolute Gasteiger partial charge is 0.130 e. The fraction of sp³-hybridized carbons (Fsp3) is 0.267. The molecule has 0 spiro atoms. The van der Waals surface area contributed by atoms with Crippen molar-refractivity contribution in [3.8, 4) is 5.75 Å². The number of benzene rings is 1. The van der Waals surface area contributed by atoms with E-state index in [1.807, 2.05) is 36.5 Å². The summed E-state index contributed by atoms with van der Waals surface area (Å²) in [4.78, 5) is 4.41. The summed E-state index contributed by atoms with van der Waals surface area (Å²) in [5.74, 6) is 2.18. The van der Waals surface area contributed by atoms with Crippen molar-refractivity contribution in [1.82, 2.24) is 4.98 Å². The van der Waals surface area contributed by atoms with Crippen LogP contribution in [0.25, 0.3) is 0 Å². The standard InChI is InChI=1S/C15H17N3O/c1-19-12-5-3-11(4-6-12)18-15-7-2-10(9-17-15)13-8-14(13)16/h2-7,9,13-14H,8,16H2,1H3,(H,17,18). The first-order valence-electron chi connectivity index (χ1n) is 6.39. The molecule has 19 heavy (non-hydrogen) atoms. The molecule has 0 saturated heterocycles. The van der Waals surface area contributed by atoms with E-state index >= 15 is 0 Å². The summed E-state index contributed by atoms with van der Waals surface area (Å²) >= 11 is 0. The first kappa shape index (κ1) is 12.0. The van der Waals surface area contributed by atoms with Gasteiger partial charge in [-0.25, -0.2) is 4.98 Å². The summed E-state index contributed by atoms with van der Waals surface area (Å²) in [5, 5.41) is 3.26.